The van der Waals surface area contributed by atoms with Gasteiger partial charge < -0.3 is 4.70 Å². The van der Waals surface area contributed by atoms with Crippen LogP contribution in [0.3, 0.4) is 0 Å². The van der Waals surface area contributed by atoms with Crippen LogP contribution in [-0.4, -0.2) is 11.8 Å². The third-order valence-corrected chi connectivity index (χ3v) is 1.59. The van der Waals surface area contributed by atoms with Crippen LogP contribution < -0.4 is 9.27 Å². The molecule has 0 N–H and O–H groups in total. The van der Waals surface area contributed by atoms with Crippen molar-refractivity contribution in [1.29, 1.82) is 0 Å². The van der Waals surface area contributed by atoms with Crippen LogP contribution in [0.2, 0.25) is 6.82 Å². The molecule has 6 heteroatoms. The van der Waals surface area contributed by atoms with Gasteiger partial charge >= 0.3 is 7.27 Å². The first-order valence-corrected chi connectivity index (χ1v) is 4.85. The van der Waals surface area contributed by atoms with Crippen LogP contribution in [0.15, 0.2) is 18.7 Å². The summed E-state index contributed by atoms with van der Waals surface area (Å²) < 4.78 is 24.9. The summed E-state index contributed by atoms with van der Waals surface area (Å²) in [6.07, 6.45) is 8.82. The molecule has 0 aliphatic rings. The summed E-state index contributed by atoms with van der Waals surface area (Å²) in [6.45, 7) is 4.20. The summed E-state index contributed by atoms with van der Waals surface area (Å²) in [5.41, 5.74) is 0. The molecule has 1 rings (SSSR count). The summed E-state index contributed by atoms with van der Waals surface area (Å²) in [5.74, 6) is 0. The molecule has 0 saturated carbocycles. The van der Waals surface area contributed by atoms with Gasteiger partial charge in [0.2, 0.25) is 6.33 Å². The fourth-order valence-electron chi connectivity index (χ4n) is 0.975. The Morgan fingerprint density at radius 3 is 2.27 bits per heavy atom. The van der Waals surface area contributed by atoms with Crippen LogP contribution in [0.5, 0.6) is 0 Å². The third-order valence-electron chi connectivity index (χ3n) is 1.59. The molecule has 0 fully saturated rings. The van der Waals surface area contributed by atoms with Crippen molar-refractivity contribution >= 4 is 7.27 Å². The second-order valence-electron chi connectivity index (χ2n) is 3.19. The lowest BCUT2D eigenvalue weighted by atomic mass is 10.1. The largest absolute Gasteiger partial charge is 1.00 e. The van der Waals surface area contributed by atoms with Gasteiger partial charge in [-0.15, -0.1) is 0 Å². The van der Waals surface area contributed by atoms with Crippen molar-refractivity contribution in [3.05, 3.63) is 18.7 Å². The second kappa shape index (κ2) is 9.61. The van der Waals surface area contributed by atoms with Crippen molar-refractivity contribution in [1.82, 2.24) is 4.57 Å². The van der Waals surface area contributed by atoms with Crippen LogP contribution in [-0.2, 0) is 13.6 Å². The first kappa shape index (κ1) is 16.5. The van der Waals surface area contributed by atoms with Crippen LogP contribution in [0, 0.1) is 0 Å². The number of rotatable bonds is 3. The third kappa shape index (κ3) is 11.0. The number of nitrogens with zero attached hydrogens (tertiary/aromatic N) is 2. The highest BCUT2D eigenvalue weighted by Gasteiger charge is 1.96. The Kier molecular flexibility index (Phi) is 10.6. The highest BCUT2D eigenvalue weighted by molar-refractivity contribution is 6.40. The number of aromatic nitrogens is 2. The predicted octanol–water partition coefficient (Wildman–Crippen LogP) is -0.840. The van der Waals surface area contributed by atoms with Gasteiger partial charge in [0.05, 0.1) is 13.6 Å². The molecule has 88 valence electrons. The van der Waals surface area contributed by atoms with E-state index in [4.69, 9.17) is 0 Å². The van der Waals surface area contributed by atoms with Crippen molar-refractivity contribution in [3.63, 3.8) is 0 Å². The average molecular weight is 222 g/mol. The molecule has 0 aromatic carbocycles. The second-order valence-corrected chi connectivity index (χ2v) is 3.19. The van der Waals surface area contributed by atoms with E-state index in [1.807, 2.05) is 7.05 Å². The zero-order chi connectivity index (χ0) is 11.0. The first-order chi connectivity index (χ1) is 6.56. The number of aryl methyl sites for hydroxylation is 2. The van der Waals surface area contributed by atoms with Crippen molar-refractivity contribution in [2.24, 2.45) is 7.05 Å². The highest BCUT2D eigenvalue weighted by Crippen LogP contribution is 1.91. The van der Waals surface area contributed by atoms with E-state index in [0.717, 1.165) is 13.4 Å². The normalized spacial score (nSPS) is 8.60. The summed E-state index contributed by atoms with van der Waals surface area (Å²) in [6, 6.07) is 0. The predicted molar refractivity (Wildman–Crippen MR) is 54.4 cm³/mol. The number of hydrogen-bond donors (Lipinski definition) is 0. The molecule has 1 aromatic rings. The molecule has 2 nitrogen and oxygen atoms in total. The van der Waals surface area contributed by atoms with E-state index in [9.17, 15) is 8.63 Å². The van der Waals surface area contributed by atoms with E-state index >= 15 is 0 Å². The monoisotopic (exact) mass is 222 g/mol. The smallest absolute Gasteiger partial charge is 0.535 e. The number of halogens is 3. The van der Waals surface area contributed by atoms with Crippen molar-refractivity contribution in [3.8, 4) is 0 Å². The molecular weight excluding hydrogens is 204 g/mol. The molecule has 0 bridgehead atoms. The van der Waals surface area contributed by atoms with E-state index in [-0.39, 0.29) is 4.70 Å². The van der Waals surface area contributed by atoms with Gasteiger partial charge in [0.15, 0.2) is 0 Å². The highest BCUT2D eigenvalue weighted by atomic mass is 19.2. The molecule has 0 amide bonds. The molecule has 0 radical (unpaired) electrons. The molecule has 0 unspecified atom stereocenters. The van der Waals surface area contributed by atoms with Gasteiger partial charge in [-0.25, -0.2) is 9.13 Å². The summed E-state index contributed by atoms with van der Waals surface area (Å²) in [4.78, 5) is 0. The van der Waals surface area contributed by atoms with Gasteiger partial charge in [0.1, 0.15) is 12.4 Å². The van der Waals surface area contributed by atoms with Gasteiger partial charge in [-0.2, -0.15) is 0 Å². The maximum Gasteiger partial charge on any atom is 0.535 e. The van der Waals surface area contributed by atoms with E-state index in [2.05, 4.69) is 34.8 Å². The maximum absolute atomic E-state index is 10.3. The molecule has 0 atom stereocenters. The maximum atomic E-state index is 10.3. The summed E-state index contributed by atoms with van der Waals surface area (Å²) in [7, 11) is -0.123. The Morgan fingerprint density at radius 1 is 1.40 bits per heavy atom. The van der Waals surface area contributed by atoms with Gasteiger partial charge in [-0.05, 0) is 13.2 Å². The number of unbranched alkanes of at least 4 members (excludes halogenated alkanes) is 1. The molecule has 0 spiro atoms. The first-order valence-electron chi connectivity index (χ1n) is 4.85. The van der Waals surface area contributed by atoms with E-state index in [0.29, 0.717) is 0 Å². The van der Waals surface area contributed by atoms with Crippen molar-refractivity contribution in [2.45, 2.75) is 33.1 Å². The lowest BCUT2D eigenvalue weighted by Gasteiger charge is -1.90. The minimum Gasteiger partial charge on any atom is -1.00 e. The molecule has 0 saturated heterocycles. The zero-order valence-electron chi connectivity index (χ0n) is 9.46. The fraction of sp³-hybridized carbons (Fsp3) is 0.667. The zero-order valence-corrected chi connectivity index (χ0v) is 9.46. The van der Waals surface area contributed by atoms with E-state index in [1.165, 1.54) is 12.8 Å². The quantitative estimate of drug-likeness (QED) is 0.466. The SMILES string of the molecule is CB(F)F.CCCCn1cc[n+](C)c1.[F-]. The Bertz CT molecular complexity index is 238. The Hall–Kier alpha value is -0.935. The van der Waals surface area contributed by atoms with Gasteiger partial charge in [0, 0.05) is 0 Å². The number of imidazole rings is 1. The van der Waals surface area contributed by atoms with Crippen LogP contribution in [0.25, 0.3) is 0 Å². The number of hydrogen-bond acceptors (Lipinski definition) is 0. The Balaban J connectivity index is 0. The summed E-state index contributed by atoms with van der Waals surface area (Å²) in [5, 5.41) is 0. The van der Waals surface area contributed by atoms with Crippen LogP contribution >= 0.6 is 0 Å². The van der Waals surface area contributed by atoms with E-state index in [1.54, 1.807) is 0 Å². The van der Waals surface area contributed by atoms with Crippen LogP contribution in [0.1, 0.15) is 19.8 Å². The van der Waals surface area contributed by atoms with Crippen LogP contribution in [0.4, 0.5) is 8.63 Å². The van der Waals surface area contributed by atoms with Gasteiger partial charge in [-0.3, -0.25) is 8.63 Å². The molecule has 1 aromatic heterocycles. The Morgan fingerprint density at radius 2 is 1.93 bits per heavy atom. The molecule has 0 aliphatic heterocycles. The molecular formula is C9H18BF3N2. The fourth-order valence-corrected chi connectivity index (χ4v) is 0.975. The van der Waals surface area contributed by atoms with Gasteiger partial charge in [0.25, 0.3) is 0 Å². The lowest BCUT2D eigenvalue weighted by molar-refractivity contribution is -0.671. The lowest BCUT2D eigenvalue weighted by Crippen LogP contribution is -3.00. The molecule has 1 heterocycles. The molecule has 15 heavy (non-hydrogen) atoms. The minimum atomic E-state index is -2.17. The van der Waals surface area contributed by atoms with Crippen molar-refractivity contribution < 1.29 is 17.9 Å². The standard InChI is InChI=1S/C8H15N2.CH3BF2.FH/c1-3-4-5-10-7-6-9(2)8-10;1-2(3)4;/h6-8H,3-5H2,1-2H3;1H3;1H/q+1;;/p-1. The van der Waals surface area contributed by atoms with Gasteiger partial charge in [-0.1, -0.05) is 13.3 Å². The van der Waals surface area contributed by atoms with E-state index < -0.39 is 7.27 Å². The Labute approximate surface area is 89.5 Å². The minimum absolute atomic E-state index is 0. The van der Waals surface area contributed by atoms with Crippen molar-refractivity contribution in [2.75, 3.05) is 0 Å². The average Bonchev–Trinajstić information content (AvgIpc) is 2.47. The topological polar surface area (TPSA) is 8.81 Å². The molecule has 0 aliphatic carbocycles. The summed E-state index contributed by atoms with van der Waals surface area (Å²) >= 11 is 0.